The van der Waals surface area contributed by atoms with Crippen LogP contribution in [-0.2, 0) is 16.1 Å². The molecule has 0 bridgehead atoms. The Morgan fingerprint density at radius 3 is 2.48 bits per heavy atom. The molecule has 0 radical (unpaired) electrons. The average molecular weight is 349 g/mol. The van der Waals surface area contributed by atoms with E-state index in [1.54, 1.807) is 20.8 Å². The molecule has 7 heteroatoms. The number of aliphatic hydroxyl groups is 1. The van der Waals surface area contributed by atoms with Crippen molar-refractivity contribution in [2.75, 3.05) is 19.6 Å². The number of carbonyl (C=O) groups is 2. The number of primary amides is 1. The number of likely N-dealkylation sites (tertiary alicyclic amines) is 1. The quantitative estimate of drug-likeness (QED) is 0.825. The maximum atomic E-state index is 12.2. The summed E-state index contributed by atoms with van der Waals surface area (Å²) in [6.45, 7) is 6.32. The van der Waals surface area contributed by atoms with E-state index in [9.17, 15) is 14.7 Å². The topological polar surface area (TPSA) is 96.1 Å². The molecule has 0 saturated carbocycles. The molecule has 7 nitrogen and oxygen atoms in total. The van der Waals surface area contributed by atoms with Crippen molar-refractivity contribution in [3.63, 3.8) is 0 Å². The number of β-amino-alcohol motifs (C(OH)–C–C–N with tert-alkyl or cyclic N) is 1. The van der Waals surface area contributed by atoms with Gasteiger partial charge in [-0.25, -0.2) is 4.79 Å². The summed E-state index contributed by atoms with van der Waals surface area (Å²) < 4.78 is 5.36. The minimum Gasteiger partial charge on any atom is -0.444 e. The highest BCUT2D eigenvalue weighted by Gasteiger charge is 2.39. The molecule has 1 saturated heterocycles. The lowest BCUT2D eigenvalue weighted by Crippen LogP contribution is -2.47. The Kier molecular flexibility index (Phi) is 6.02. The van der Waals surface area contributed by atoms with E-state index in [-0.39, 0.29) is 25.7 Å². The van der Waals surface area contributed by atoms with E-state index in [1.165, 1.54) is 4.90 Å². The Balaban J connectivity index is 2.09. The molecule has 1 aromatic carbocycles. The fourth-order valence-electron chi connectivity index (χ4n) is 2.91. The van der Waals surface area contributed by atoms with Gasteiger partial charge in [-0.1, -0.05) is 30.3 Å². The highest BCUT2D eigenvalue weighted by molar-refractivity contribution is 5.76. The Morgan fingerprint density at radius 1 is 1.28 bits per heavy atom. The van der Waals surface area contributed by atoms with Gasteiger partial charge in [0.25, 0.3) is 0 Å². The Bertz CT molecular complexity index is 600. The second-order valence-corrected chi connectivity index (χ2v) is 7.38. The Labute approximate surface area is 148 Å². The number of hydrogen-bond donors (Lipinski definition) is 2. The third-order valence-corrected chi connectivity index (χ3v) is 3.97. The van der Waals surface area contributed by atoms with Crippen LogP contribution >= 0.6 is 0 Å². The van der Waals surface area contributed by atoms with E-state index in [2.05, 4.69) is 0 Å². The molecule has 0 aromatic heterocycles. The molecule has 2 amide bonds. The molecule has 1 aromatic rings. The number of nitrogens with zero attached hydrogens (tertiary/aromatic N) is 2. The van der Waals surface area contributed by atoms with E-state index in [0.29, 0.717) is 6.54 Å². The summed E-state index contributed by atoms with van der Waals surface area (Å²) in [6, 6.07) is 9.25. The highest BCUT2D eigenvalue weighted by Crippen LogP contribution is 2.21. The highest BCUT2D eigenvalue weighted by atomic mass is 16.6. The molecule has 1 heterocycles. The number of amides is 2. The third-order valence-electron chi connectivity index (χ3n) is 3.97. The molecule has 1 aliphatic rings. The van der Waals surface area contributed by atoms with Gasteiger partial charge < -0.3 is 20.5 Å². The average Bonchev–Trinajstić information content (AvgIpc) is 2.87. The lowest BCUT2D eigenvalue weighted by molar-refractivity contribution is -0.120. The maximum Gasteiger partial charge on any atom is 0.410 e. The summed E-state index contributed by atoms with van der Waals surface area (Å²) in [6.07, 6.45) is -1.23. The van der Waals surface area contributed by atoms with Crippen molar-refractivity contribution in [1.82, 2.24) is 9.80 Å². The molecule has 1 fully saturated rings. The summed E-state index contributed by atoms with van der Waals surface area (Å²) >= 11 is 0. The van der Waals surface area contributed by atoms with E-state index in [1.807, 2.05) is 35.2 Å². The number of nitrogens with two attached hydrogens (primary N) is 1. The molecule has 3 N–H and O–H groups in total. The van der Waals surface area contributed by atoms with Gasteiger partial charge in [0.05, 0.1) is 25.2 Å². The summed E-state index contributed by atoms with van der Waals surface area (Å²) in [5, 5.41) is 10.4. The SMILES string of the molecule is CC(C)(C)OC(=O)N1C[C@@H](O)[C@H](N(CC(N)=O)Cc2ccccc2)C1. The van der Waals surface area contributed by atoms with Gasteiger partial charge in [0.15, 0.2) is 0 Å². The fourth-order valence-corrected chi connectivity index (χ4v) is 2.91. The second-order valence-electron chi connectivity index (χ2n) is 7.38. The molecule has 1 aliphatic heterocycles. The van der Waals surface area contributed by atoms with Gasteiger partial charge in [-0.3, -0.25) is 9.69 Å². The van der Waals surface area contributed by atoms with Crippen molar-refractivity contribution in [3.8, 4) is 0 Å². The normalized spacial score (nSPS) is 20.8. The summed E-state index contributed by atoms with van der Waals surface area (Å²) in [5.41, 5.74) is 5.78. The van der Waals surface area contributed by atoms with Crippen LogP contribution in [0.1, 0.15) is 26.3 Å². The Hall–Kier alpha value is -2.12. The zero-order chi connectivity index (χ0) is 18.6. The molecular weight excluding hydrogens is 322 g/mol. The second kappa shape index (κ2) is 7.84. The van der Waals surface area contributed by atoms with Crippen LogP contribution in [0.4, 0.5) is 4.79 Å². The van der Waals surface area contributed by atoms with Crippen molar-refractivity contribution in [3.05, 3.63) is 35.9 Å². The van der Waals surface area contributed by atoms with Gasteiger partial charge in [-0.05, 0) is 26.3 Å². The van der Waals surface area contributed by atoms with Crippen molar-refractivity contribution in [1.29, 1.82) is 0 Å². The van der Waals surface area contributed by atoms with Crippen LogP contribution < -0.4 is 5.73 Å². The molecule has 0 unspecified atom stereocenters. The first-order valence-corrected chi connectivity index (χ1v) is 8.38. The predicted molar refractivity (Wildman–Crippen MR) is 93.6 cm³/mol. The largest absolute Gasteiger partial charge is 0.444 e. The first-order chi connectivity index (χ1) is 11.7. The molecule has 25 heavy (non-hydrogen) atoms. The molecule has 2 rings (SSSR count). The number of benzene rings is 1. The van der Waals surface area contributed by atoms with Gasteiger partial charge >= 0.3 is 6.09 Å². The minimum absolute atomic E-state index is 0.0127. The first kappa shape index (κ1) is 19.2. The first-order valence-electron chi connectivity index (χ1n) is 8.38. The number of carbonyl (C=O) groups excluding carboxylic acids is 2. The van der Waals surface area contributed by atoms with E-state index < -0.39 is 23.7 Å². The number of hydrogen-bond acceptors (Lipinski definition) is 5. The van der Waals surface area contributed by atoms with Gasteiger partial charge in [0, 0.05) is 13.1 Å². The number of rotatable bonds is 5. The van der Waals surface area contributed by atoms with E-state index in [0.717, 1.165) is 5.56 Å². The standard InChI is InChI=1S/C18H27N3O4/c1-18(2,3)25-17(24)21-10-14(15(22)11-21)20(12-16(19)23)9-13-7-5-4-6-8-13/h4-8,14-15,22H,9-12H2,1-3H3,(H2,19,23)/t14-,15-/m1/s1. The molecule has 138 valence electrons. The summed E-state index contributed by atoms with van der Waals surface area (Å²) in [5.74, 6) is -0.473. The molecule has 2 atom stereocenters. The minimum atomic E-state index is -0.768. The van der Waals surface area contributed by atoms with E-state index >= 15 is 0 Å². The zero-order valence-electron chi connectivity index (χ0n) is 15.0. The zero-order valence-corrected chi connectivity index (χ0v) is 15.0. The van der Waals surface area contributed by atoms with Gasteiger partial charge in [-0.15, -0.1) is 0 Å². The van der Waals surface area contributed by atoms with Crippen LogP contribution in [0, 0.1) is 0 Å². The van der Waals surface area contributed by atoms with Crippen LogP contribution in [0.3, 0.4) is 0 Å². The number of aliphatic hydroxyl groups excluding tert-OH is 1. The summed E-state index contributed by atoms with van der Waals surface area (Å²) in [7, 11) is 0. The van der Waals surface area contributed by atoms with Crippen molar-refractivity contribution < 1.29 is 19.4 Å². The fraction of sp³-hybridized carbons (Fsp3) is 0.556. The van der Waals surface area contributed by atoms with Crippen molar-refractivity contribution >= 4 is 12.0 Å². The molecule has 0 spiro atoms. The molecule has 0 aliphatic carbocycles. The van der Waals surface area contributed by atoms with Crippen molar-refractivity contribution in [2.45, 2.75) is 45.1 Å². The van der Waals surface area contributed by atoms with Gasteiger partial charge in [-0.2, -0.15) is 0 Å². The third kappa shape index (κ3) is 5.72. The smallest absolute Gasteiger partial charge is 0.410 e. The van der Waals surface area contributed by atoms with Crippen LogP contribution in [0.2, 0.25) is 0 Å². The Morgan fingerprint density at radius 2 is 1.92 bits per heavy atom. The van der Waals surface area contributed by atoms with Crippen LogP contribution in [-0.4, -0.2) is 64.3 Å². The lowest BCUT2D eigenvalue weighted by Gasteiger charge is -2.29. The van der Waals surface area contributed by atoms with Crippen LogP contribution in [0.25, 0.3) is 0 Å². The monoisotopic (exact) mass is 349 g/mol. The lowest BCUT2D eigenvalue weighted by atomic mass is 10.1. The van der Waals surface area contributed by atoms with Crippen LogP contribution in [0.15, 0.2) is 30.3 Å². The van der Waals surface area contributed by atoms with Gasteiger partial charge in [0.1, 0.15) is 5.60 Å². The molecular formula is C18H27N3O4. The van der Waals surface area contributed by atoms with E-state index in [4.69, 9.17) is 10.5 Å². The van der Waals surface area contributed by atoms with Gasteiger partial charge in [0.2, 0.25) is 5.91 Å². The number of ether oxygens (including phenoxy) is 1. The van der Waals surface area contributed by atoms with Crippen molar-refractivity contribution in [2.24, 2.45) is 5.73 Å². The predicted octanol–water partition coefficient (Wildman–Crippen LogP) is 0.954. The summed E-state index contributed by atoms with van der Waals surface area (Å²) in [4.78, 5) is 27.0. The van der Waals surface area contributed by atoms with Crippen LogP contribution in [0.5, 0.6) is 0 Å². The maximum absolute atomic E-state index is 12.2.